The van der Waals surface area contributed by atoms with Gasteiger partial charge in [-0.05, 0) is 62.0 Å². The summed E-state index contributed by atoms with van der Waals surface area (Å²) >= 11 is 1.28. The minimum Gasteiger partial charge on any atom is -0.493 e. The van der Waals surface area contributed by atoms with Gasteiger partial charge in [0.25, 0.3) is 0 Å². The Hall–Kier alpha value is -3.37. The molecule has 176 valence electrons. The fraction of sp³-hybridized carbons (Fsp3) is 0.292. The third kappa shape index (κ3) is 4.78. The molecule has 5 rings (SSSR count). The number of nitrogens with zero attached hydrogens (tertiary/aromatic N) is 4. The quantitative estimate of drug-likeness (QED) is 0.399. The van der Waals surface area contributed by atoms with E-state index in [1.54, 1.807) is 19.4 Å². The van der Waals surface area contributed by atoms with Crippen molar-refractivity contribution in [3.63, 3.8) is 0 Å². The summed E-state index contributed by atoms with van der Waals surface area (Å²) in [5.74, 6) is 1.49. The second kappa shape index (κ2) is 9.86. The van der Waals surface area contributed by atoms with Gasteiger partial charge in [0.1, 0.15) is 24.1 Å². The molecule has 10 heteroatoms. The molecule has 1 aliphatic heterocycles. The highest BCUT2D eigenvalue weighted by Crippen LogP contribution is 2.36. The van der Waals surface area contributed by atoms with Gasteiger partial charge >= 0.3 is 0 Å². The third-order valence-electron chi connectivity index (χ3n) is 5.67. The molecule has 0 saturated carbocycles. The standard InChI is InChI=1S/C24H25FN6O2S/c1-31-10-9-27-24(31)34-22-4-3-15(11-18(22)25)30-23-17-12-21(33-16-5-7-26-8-6-16)20(32-2)13-19(17)28-14-29-23/h3-4,9-14,16,26H,5-8H2,1-2H3,(H,28,29,30). The first kappa shape index (κ1) is 22.4. The van der Waals surface area contributed by atoms with Crippen LogP contribution in [0.25, 0.3) is 10.9 Å². The fourth-order valence-corrected chi connectivity index (χ4v) is 4.66. The summed E-state index contributed by atoms with van der Waals surface area (Å²) in [6.07, 6.45) is 6.97. The number of rotatable bonds is 7. The number of imidazole rings is 1. The molecule has 1 aliphatic rings. The molecule has 0 bridgehead atoms. The van der Waals surface area contributed by atoms with Crippen LogP contribution in [0.4, 0.5) is 15.9 Å². The van der Waals surface area contributed by atoms with E-state index in [4.69, 9.17) is 9.47 Å². The van der Waals surface area contributed by atoms with Gasteiger partial charge in [-0.2, -0.15) is 0 Å². The number of methoxy groups -OCH3 is 1. The molecule has 4 aromatic rings. The number of ether oxygens (including phenoxy) is 2. The maximum absolute atomic E-state index is 14.8. The lowest BCUT2D eigenvalue weighted by Gasteiger charge is -2.25. The lowest BCUT2D eigenvalue weighted by atomic mass is 10.1. The van der Waals surface area contributed by atoms with E-state index in [-0.39, 0.29) is 11.9 Å². The molecule has 34 heavy (non-hydrogen) atoms. The van der Waals surface area contributed by atoms with E-state index in [0.717, 1.165) is 36.5 Å². The highest BCUT2D eigenvalue weighted by Gasteiger charge is 2.19. The van der Waals surface area contributed by atoms with Crippen LogP contribution in [-0.2, 0) is 7.05 Å². The van der Waals surface area contributed by atoms with Crippen LogP contribution in [0.3, 0.4) is 0 Å². The number of hydrogen-bond acceptors (Lipinski definition) is 8. The van der Waals surface area contributed by atoms with Crippen LogP contribution in [0.1, 0.15) is 12.8 Å². The molecular formula is C24H25FN6O2S. The van der Waals surface area contributed by atoms with Crippen LogP contribution < -0.4 is 20.1 Å². The van der Waals surface area contributed by atoms with Gasteiger partial charge in [0.2, 0.25) is 0 Å². The zero-order valence-electron chi connectivity index (χ0n) is 18.9. The SMILES string of the molecule is COc1cc2ncnc(Nc3ccc(Sc4nccn4C)c(F)c3)c2cc1OC1CCNCC1. The highest BCUT2D eigenvalue weighted by molar-refractivity contribution is 7.99. The van der Waals surface area contributed by atoms with Crippen molar-refractivity contribution in [2.24, 2.45) is 7.05 Å². The van der Waals surface area contributed by atoms with Crippen molar-refractivity contribution in [2.45, 2.75) is 29.0 Å². The monoisotopic (exact) mass is 480 g/mol. The second-order valence-electron chi connectivity index (χ2n) is 8.00. The van der Waals surface area contributed by atoms with Crippen molar-refractivity contribution in [1.29, 1.82) is 0 Å². The number of anilines is 2. The Morgan fingerprint density at radius 1 is 1.12 bits per heavy atom. The predicted molar refractivity (Wildman–Crippen MR) is 130 cm³/mol. The molecule has 1 saturated heterocycles. The van der Waals surface area contributed by atoms with Crippen LogP contribution in [0.15, 0.2) is 59.1 Å². The second-order valence-corrected chi connectivity index (χ2v) is 9.01. The average molecular weight is 481 g/mol. The van der Waals surface area contributed by atoms with Crippen molar-refractivity contribution in [1.82, 2.24) is 24.8 Å². The van der Waals surface area contributed by atoms with Gasteiger partial charge in [-0.25, -0.2) is 19.3 Å². The van der Waals surface area contributed by atoms with Gasteiger partial charge < -0.3 is 24.7 Å². The molecule has 3 heterocycles. The average Bonchev–Trinajstić information content (AvgIpc) is 3.25. The molecule has 0 radical (unpaired) electrons. The van der Waals surface area contributed by atoms with Gasteiger partial charge in [-0.15, -0.1) is 0 Å². The zero-order valence-corrected chi connectivity index (χ0v) is 19.7. The van der Waals surface area contributed by atoms with Crippen molar-refractivity contribution in [2.75, 3.05) is 25.5 Å². The van der Waals surface area contributed by atoms with Crippen molar-refractivity contribution in [3.05, 3.63) is 54.9 Å². The van der Waals surface area contributed by atoms with Crippen molar-refractivity contribution < 1.29 is 13.9 Å². The third-order valence-corrected chi connectivity index (χ3v) is 6.80. The maximum atomic E-state index is 14.8. The largest absolute Gasteiger partial charge is 0.493 e. The smallest absolute Gasteiger partial charge is 0.172 e. The summed E-state index contributed by atoms with van der Waals surface area (Å²) in [5.41, 5.74) is 1.28. The van der Waals surface area contributed by atoms with E-state index in [0.29, 0.717) is 33.4 Å². The normalized spacial score (nSPS) is 14.3. The van der Waals surface area contributed by atoms with Crippen LogP contribution in [0.5, 0.6) is 11.5 Å². The van der Waals surface area contributed by atoms with E-state index in [9.17, 15) is 4.39 Å². The minimum absolute atomic E-state index is 0.117. The summed E-state index contributed by atoms with van der Waals surface area (Å²) < 4.78 is 28.5. The topological polar surface area (TPSA) is 86.1 Å². The highest BCUT2D eigenvalue weighted by atomic mass is 32.2. The number of fused-ring (bicyclic) bond motifs is 1. The summed E-state index contributed by atoms with van der Waals surface area (Å²) in [4.78, 5) is 13.5. The number of hydrogen-bond donors (Lipinski definition) is 2. The Morgan fingerprint density at radius 3 is 2.71 bits per heavy atom. The van der Waals surface area contributed by atoms with Crippen LogP contribution >= 0.6 is 11.8 Å². The predicted octanol–water partition coefficient (Wildman–Crippen LogP) is 4.54. The lowest BCUT2D eigenvalue weighted by Crippen LogP contribution is -2.34. The van der Waals surface area contributed by atoms with E-state index in [2.05, 4.69) is 25.6 Å². The Bertz CT molecular complexity index is 1310. The van der Waals surface area contributed by atoms with Gasteiger partial charge in [0.15, 0.2) is 16.7 Å². The molecular weight excluding hydrogens is 455 g/mol. The summed E-state index contributed by atoms with van der Waals surface area (Å²) in [5, 5.41) is 8.05. The minimum atomic E-state index is -0.340. The molecule has 2 N–H and O–H groups in total. The van der Waals surface area contributed by atoms with E-state index in [1.807, 2.05) is 36.0 Å². The number of nitrogens with one attached hydrogen (secondary N) is 2. The molecule has 0 amide bonds. The number of piperidine rings is 1. The van der Waals surface area contributed by atoms with Gasteiger partial charge in [0, 0.05) is 36.6 Å². The molecule has 8 nitrogen and oxygen atoms in total. The van der Waals surface area contributed by atoms with Crippen LogP contribution in [-0.4, -0.2) is 45.8 Å². The molecule has 0 spiro atoms. The Morgan fingerprint density at radius 2 is 1.97 bits per heavy atom. The Balaban J connectivity index is 1.42. The fourth-order valence-electron chi connectivity index (χ4n) is 3.85. The first-order chi connectivity index (χ1) is 16.6. The number of aromatic nitrogens is 4. The van der Waals surface area contributed by atoms with Gasteiger partial charge in [-0.3, -0.25) is 0 Å². The summed E-state index contributed by atoms with van der Waals surface area (Å²) in [7, 11) is 3.49. The first-order valence-corrected chi connectivity index (χ1v) is 11.8. The lowest BCUT2D eigenvalue weighted by molar-refractivity contribution is 0.157. The number of benzene rings is 2. The zero-order chi connectivity index (χ0) is 23.5. The van der Waals surface area contributed by atoms with E-state index < -0.39 is 0 Å². The van der Waals surface area contributed by atoms with Crippen molar-refractivity contribution >= 4 is 34.2 Å². The Kier molecular flexibility index (Phi) is 6.50. The van der Waals surface area contributed by atoms with Gasteiger partial charge in [0.05, 0.1) is 17.5 Å². The van der Waals surface area contributed by atoms with E-state index >= 15 is 0 Å². The molecule has 0 atom stereocenters. The van der Waals surface area contributed by atoms with E-state index in [1.165, 1.54) is 24.2 Å². The summed E-state index contributed by atoms with van der Waals surface area (Å²) in [6, 6.07) is 8.73. The maximum Gasteiger partial charge on any atom is 0.172 e. The van der Waals surface area contributed by atoms with Crippen molar-refractivity contribution in [3.8, 4) is 11.5 Å². The number of aryl methyl sites for hydroxylation is 1. The molecule has 2 aromatic heterocycles. The first-order valence-electron chi connectivity index (χ1n) is 11.0. The number of halogens is 1. The van der Waals surface area contributed by atoms with Crippen LogP contribution in [0, 0.1) is 5.82 Å². The molecule has 0 unspecified atom stereocenters. The summed E-state index contributed by atoms with van der Waals surface area (Å²) in [6.45, 7) is 1.85. The molecule has 2 aromatic carbocycles. The molecule has 1 fully saturated rings. The Labute approximate surface area is 200 Å². The van der Waals surface area contributed by atoms with Crippen LogP contribution in [0.2, 0.25) is 0 Å². The van der Waals surface area contributed by atoms with Gasteiger partial charge in [-0.1, -0.05) is 0 Å². The molecule has 0 aliphatic carbocycles.